The molecule has 38 heavy (non-hydrogen) atoms. The van der Waals surface area contributed by atoms with E-state index in [4.69, 9.17) is 14.8 Å². The van der Waals surface area contributed by atoms with Crippen molar-refractivity contribution in [1.82, 2.24) is 29.7 Å². The SMILES string of the molecule is O=C(CC1CCCN(C2CCOCC2)C1)[C@@H]1CCCN1c1nc(Nc2cc(C3CC3)[nH]n2)c2cccn2n1. The monoisotopic (exact) mass is 518 g/mol. The van der Waals surface area contributed by atoms with Gasteiger partial charge < -0.3 is 15.0 Å². The van der Waals surface area contributed by atoms with Crippen LogP contribution < -0.4 is 10.2 Å². The van der Waals surface area contributed by atoms with Gasteiger partial charge in [0, 0.05) is 62.6 Å². The van der Waals surface area contributed by atoms with Gasteiger partial charge in [0.25, 0.3) is 0 Å². The summed E-state index contributed by atoms with van der Waals surface area (Å²) >= 11 is 0. The molecular formula is C28H38N8O2. The van der Waals surface area contributed by atoms with Crippen LogP contribution >= 0.6 is 0 Å². The second kappa shape index (κ2) is 10.3. The summed E-state index contributed by atoms with van der Waals surface area (Å²) in [6.45, 7) is 4.73. The van der Waals surface area contributed by atoms with Crippen molar-refractivity contribution >= 4 is 28.9 Å². The lowest BCUT2D eigenvalue weighted by atomic mass is 9.89. The number of carbonyl (C=O) groups excluding carboxylic acids is 1. The molecule has 10 nitrogen and oxygen atoms in total. The van der Waals surface area contributed by atoms with E-state index in [-0.39, 0.29) is 6.04 Å². The van der Waals surface area contributed by atoms with Crippen LogP contribution in [0.25, 0.3) is 5.52 Å². The average molecular weight is 519 g/mol. The smallest absolute Gasteiger partial charge is 0.246 e. The number of fused-ring (bicyclic) bond motifs is 1. The van der Waals surface area contributed by atoms with Crippen LogP contribution in [0.3, 0.4) is 0 Å². The third kappa shape index (κ3) is 4.91. The minimum absolute atomic E-state index is 0.152. The first kappa shape index (κ1) is 24.1. The molecule has 0 spiro atoms. The van der Waals surface area contributed by atoms with Gasteiger partial charge in [-0.2, -0.15) is 10.1 Å². The van der Waals surface area contributed by atoms with Gasteiger partial charge in [-0.15, -0.1) is 5.10 Å². The molecule has 3 aromatic heterocycles. The van der Waals surface area contributed by atoms with E-state index in [1.54, 1.807) is 0 Å². The van der Waals surface area contributed by atoms with Gasteiger partial charge in [0.15, 0.2) is 17.4 Å². The fourth-order valence-electron chi connectivity index (χ4n) is 6.67. The number of ketones is 1. The molecule has 3 aromatic rings. The van der Waals surface area contributed by atoms with Gasteiger partial charge in [-0.05, 0) is 76.0 Å². The predicted octanol–water partition coefficient (Wildman–Crippen LogP) is 3.89. The van der Waals surface area contributed by atoms with Crippen LogP contribution in [0.15, 0.2) is 24.4 Å². The second-order valence-corrected chi connectivity index (χ2v) is 11.6. The summed E-state index contributed by atoms with van der Waals surface area (Å²) < 4.78 is 7.42. The first-order valence-corrected chi connectivity index (χ1v) is 14.5. The van der Waals surface area contributed by atoms with Crippen LogP contribution in [0.1, 0.15) is 69.4 Å². The van der Waals surface area contributed by atoms with Crippen molar-refractivity contribution in [2.75, 3.05) is 43.1 Å². The highest BCUT2D eigenvalue weighted by atomic mass is 16.5. The molecule has 10 heteroatoms. The molecule has 0 aromatic carbocycles. The van der Waals surface area contributed by atoms with E-state index in [0.29, 0.717) is 41.8 Å². The molecule has 2 N–H and O–H groups in total. The minimum atomic E-state index is -0.152. The van der Waals surface area contributed by atoms with Crippen molar-refractivity contribution in [2.24, 2.45) is 5.92 Å². The Hall–Kier alpha value is -2.98. The highest BCUT2D eigenvalue weighted by molar-refractivity contribution is 5.87. The minimum Gasteiger partial charge on any atom is -0.381 e. The molecule has 202 valence electrons. The summed E-state index contributed by atoms with van der Waals surface area (Å²) in [5, 5.41) is 15.8. The lowest BCUT2D eigenvalue weighted by Gasteiger charge is -2.40. The van der Waals surface area contributed by atoms with E-state index < -0.39 is 0 Å². The van der Waals surface area contributed by atoms with Crippen LogP contribution in [-0.4, -0.2) is 80.4 Å². The van der Waals surface area contributed by atoms with Crippen LogP contribution in [0, 0.1) is 5.92 Å². The van der Waals surface area contributed by atoms with Gasteiger partial charge in [-0.1, -0.05) is 0 Å². The number of Topliss-reactive ketones (excluding diaryl/α,β-unsaturated/α-hetero) is 1. The zero-order chi connectivity index (χ0) is 25.5. The van der Waals surface area contributed by atoms with Gasteiger partial charge in [-0.3, -0.25) is 14.8 Å². The summed E-state index contributed by atoms with van der Waals surface area (Å²) in [4.78, 5) is 23.4. The molecule has 0 bridgehead atoms. The van der Waals surface area contributed by atoms with Crippen LogP contribution in [-0.2, 0) is 9.53 Å². The molecule has 7 rings (SSSR count). The molecular weight excluding hydrogens is 480 g/mol. The zero-order valence-electron chi connectivity index (χ0n) is 22.0. The number of rotatable bonds is 8. The maximum atomic E-state index is 13.7. The van der Waals surface area contributed by atoms with Gasteiger partial charge in [-0.25, -0.2) is 4.52 Å². The van der Waals surface area contributed by atoms with Crippen LogP contribution in [0.5, 0.6) is 0 Å². The lowest BCUT2D eigenvalue weighted by Crippen LogP contribution is -2.46. The van der Waals surface area contributed by atoms with E-state index in [1.165, 1.54) is 25.0 Å². The predicted molar refractivity (Wildman–Crippen MR) is 145 cm³/mol. The van der Waals surface area contributed by atoms with Gasteiger partial charge in [0.05, 0.1) is 6.04 Å². The highest BCUT2D eigenvalue weighted by Gasteiger charge is 2.36. The number of aromatic nitrogens is 5. The topological polar surface area (TPSA) is 104 Å². The zero-order valence-corrected chi connectivity index (χ0v) is 22.0. The van der Waals surface area contributed by atoms with Gasteiger partial charge >= 0.3 is 0 Å². The number of H-pyrrole nitrogens is 1. The normalized spacial score (nSPS) is 25.3. The number of ether oxygens (including phenoxy) is 1. The average Bonchev–Trinajstić information content (AvgIpc) is 3.32. The first-order chi connectivity index (χ1) is 18.7. The van der Waals surface area contributed by atoms with Crippen molar-refractivity contribution in [2.45, 2.75) is 75.8 Å². The number of hydrogen-bond acceptors (Lipinski definition) is 8. The maximum absolute atomic E-state index is 13.7. The molecule has 1 unspecified atom stereocenters. The Morgan fingerprint density at radius 1 is 1.11 bits per heavy atom. The van der Waals surface area contributed by atoms with Crippen molar-refractivity contribution in [3.05, 3.63) is 30.1 Å². The number of nitrogens with zero attached hydrogens (tertiary/aromatic N) is 6. The maximum Gasteiger partial charge on any atom is 0.246 e. The molecule has 1 saturated carbocycles. The Balaban J connectivity index is 1.06. The lowest BCUT2D eigenvalue weighted by molar-refractivity contribution is -0.121. The van der Waals surface area contributed by atoms with Crippen molar-refractivity contribution in [3.63, 3.8) is 0 Å². The second-order valence-electron chi connectivity index (χ2n) is 11.6. The van der Waals surface area contributed by atoms with E-state index in [2.05, 4.69) is 31.4 Å². The van der Waals surface area contributed by atoms with Crippen LogP contribution in [0.4, 0.5) is 17.6 Å². The third-order valence-electron chi connectivity index (χ3n) is 8.87. The summed E-state index contributed by atoms with van der Waals surface area (Å²) in [5.41, 5.74) is 2.07. The Bertz CT molecular complexity index is 1280. The number of hydrogen-bond donors (Lipinski definition) is 2. The fraction of sp³-hybridized carbons (Fsp3) is 0.643. The molecule has 3 saturated heterocycles. The number of anilines is 3. The summed E-state index contributed by atoms with van der Waals surface area (Å²) in [6, 6.07) is 6.52. The molecule has 1 aliphatic carbocycles. The van der Waals surface area contributed by atoms with Crippen LogP contribution in [0.2, 0.25) is 0 Å². The van der Waals surface area contributed by atoms with Crippen molar-refractivity contribution in [3.8, 4) is 0 Å². The number of nitrogens with one attached hydrogen (secondary N) is 2. The largest absolute Gasteiger partial charge is 0.381 e. The number of piperidine rings is 1. The van der Waals surface area contributed by atoms with Gasteiger partial charge in [0.1, 0.15) is 5.52 Å². The number of aromatic amines is 1. The molecule has 6 heterocycles. The summed E-state index contributed by atoms with van der Waals surface area (Å²) in [5.74, 6) is 3.47. The Morgan fingerprint density at radius 3 is 2.84 bits per heavy atom. The third-order valence-corrected chi connectivity index (χ3v) is 8.87. The molecule has 3 aliphatic heterocycles. The summed E-state index contributed by atoms with van der Waals surface area (Å²) in [7, 11) is 0. The Morgan fingerprint density at radius 2 is 1.97 bits per heavy atom. The molecule has 0 radical (unpaired) electrons. The summed E-state index contributed by atoms with van der Waals surface area (Å²) in [6.07, 6.45) is 11.4. The molecule has 0 amide bonds. The van der Waals surface area contributed by atoms with E-state index in [0.717, 1.165) is 76.3 Å². The number of carbonyl (C=O) groups is 1. The van der Waals surface area contributed by atoms with Crippen molar-refractivity contribution in [1.29, 1.82) is 0 Å². The van der Waals surface area contributed by atoms with E-state index >= 15 is 0 Å². The molecule has 2 atom stereocenters. The highest BCUT2D eigenvalue weighted by Crippen LogP contribution is 2.40. The van der Waals surface area contributed by atoms with Crippen molar-refractivity contribution < 1.29 is 9.53 Å². The first-order valence-electron chi connectivity index (χ1n) is 14.5. The van der Waals surface area contributed by atoms with Gasteiger partial charge in [0.2, 0.25) is 5.95 Å². The fourth-order valence-corrected chi connectivity index (χ4v) is 6.67. The number of likely N-dealkylation sites (tertiary alicyclic amines) is 1. The quantitative estimate of drug-likeness (QED) is 0.463. The molecule has 4 fully saturated rings. The van der Waals surface area contributed by atoms with E-state index in [9.17, 15) is 4.79 Å². The van der Waals surface area contributed by atoms with E-state index in [1.807, 2.05) is 22.8 Å². The Kier molecular flexibility index (Phi) is 6.53. The Labute approximate surface area is 223 Å². The molecule has 4 aliphatic rings. The standard InChI is InChI=1S/C28H38N8O2/c37-25(16-19-4-1-11-34(18-19)21-9-14-38-15-10-21)23-5-2-12-35(23)28-30-27(24-6-3-13-36(24)33-28)29-26-17-22(31-32-26)20-7-8-20/h3,6,13,17,19-21,23H,1-2,4-5,7-12,14-16,18H2,(H2,29,30,31,32,33)/t19?,23-/m0/s1.